The van der Waals surface area contributed by atoms with Gasteiger partial charge in [-0.05, 0) is 28.0 Å². The van der Waals surface area contributed by atoms with E-state index in [1.54, 1.807) is 0 Å². The summed E-state index contributed by atoms with van der Waals surface area (Å²) >= 11 is 1.83. The van der Waals surface area contributed by atoms with Gasteiger partial charge in [-0.3, -0.25) is 0 Å². The maximum absolute atomic E-state index is 2.25. The lowest BCUT2D eigenvalue weighted by Crippen LogP contribution is -2.10. The van der Waals surface area contributed by atoms with Crippen LogP contribution in [0.15, 0.2) is 41.8 Å². The summed E-state index contributed by atoms with van der Waals surface area (Å²) in [6.07, 6.45) is 1.06. The van der Waals surface area contributed by atoms with Crippen molar-refractivity contribution in [2.24, 2.45) is 0 Å². The van der Waals surface area contributed by atoms with Crippen molar-refractivity contribution in [3.05, 3.63) is 57.8 Å². The molecule has 0 unspecified atom stereocenters. The van der Waals surface area contributed by atoms with E-state index in [1.807, 2.05) is 11.3 Å². The van der Waals surface area contributed by atoms with Gasteiger partial charge in [-0.15, -0.1) is 11.3 Å². The van der Waals surface area contributed by atoms with Gasteiger partial charge in [-0.25, -0.2) is 0 Å². The van der Waals surface area contributed by atoms with Gasteiger partial charge in [0.05, 0.1) is 0 Å². The molecule has 0 amide bonds. The van der Waals surface area contributed by atoms with Crippen LogP contribution < -0.4 is 0 Å². The van der Waals surface area contributed by atoms with E-state index in [2.05, 4.69) is 62.5 Å². The zero-order chi connectivity index (χ0) is 11.6. The van der Waals surface area contributed by atoms with Crippen LogP contribution in [0.4, 0.5) is 0 Å². The molecule has 2 aromatic rings. The van der Waals surface area contributed by atoms with Crippen molar-refractivity contribution in [1.82, 2.24) is 0 Å². The van der Waals surface area contributed by atoms with E-state index in [0.717, 1.165) is 6.42 Å². The highest BCUT2D eigenvalue weighted by molar-refractivity contribution is 7.09. The third kappa shape index (κ3) is 2.73. The smallest absolute Gasteiger partial charge is 0.00890 e. The van der Waals surface area contributed by atoms with Gasteiger partial charge in [0.1, 0.15) is 0 Å². The zero-order valence-corrected chi connectivity index (χ0v) is 11.0. The van der Waals surface area contributed by atoms with Crippen molar-refractivity contribution in [2.75, 3.05) is 0 Å². The van der Waals surface area contributed by atoms with Gasteiger partial charge in [0.2, 0.25) is 0 Å². The van der Waals surface area contributed by atoms with Crippen LogP contribution in [-0.2, 0) is 11.8 Å². The summed E-state index contributed by atoms with van der Waals surface area (Å²) in [6.45, 7) is 6.75. The number of rotatable bonds is 2. The fourth-order valence-electron chi connectivity index (χ4n) is 1.74. The zero-order valence-electron chi connectivity index (χ0n) is 10.2. The van der Waals surface area contributed by atoms with E-state index in [9.17, 15) is 0 Å². The van der Waals surface area contributed by atoms with E-state index < -0.39 is 0 Å². The lowest BCUT2D eigenvalue weighted by atomic mass is 9.86. The van der Waals surface area contributed by atoms with E-state index in [4.69, 9.17) is 0 Å². The summed E-state index contributed by atoms with van der Waals surface area (Å²) in [5, 5.41) is 2.14. The number of benzene rings is 1. The van der Waals surface area contributed by atoms with Crippen molar-refractivity contribution in [1.29, 1.82) is 0 Å². The fraction of sp³-hybridized carbons (Fsp3) is 0.333. The van der Waals surface area contributed by atoms with Gasteiger partial charge < -0.3 is 0 Å². The first-order valence-corrected chi connectivity index (χ1v) is 6.55. The van der Waals surface area contributed by atoms with Crippen LogP contribution in [-0.4, -0.2) is 0 Å². The molecule has 1 aromatic carbocycles. The molecule has 0 saturated carbocycles. The third-order valence-electron chi connectivity index (χ3n) is 2.78. The van der Waals surface area contributed by atoms with E-state index in [1.165, 1.54) is 16.0 Å². The van der Waals surface area contributed by atoms with Gasteiger partial charge in [0.15, 0.2) is 0 Å². The van der Waals surface area contributed by atoms with Crippen molar-refractivity contribution in [3.8, 4) is 0 Å². The van der Waals surface area contributed by atoms with Crippen molar-refractivity contribution < 1.29 is 0 Å². The standard InChI is InChI=1S/C15H18S/c1-15(2,3)13-8-6-12(7-9-13)11-14-5-4-10-16-14/h4-10H,11H2,1-3H3. The molecule has 1 aromatic heterocycles. The van der Waals surface area contributed by atoms with Crippen LogP contribution in [0.5, 0.6) is 0 Å². The van der Waals surface area contributed by atoms with Gasteiger partial charge in [0.25, 0.3) is 0 Å². The highest BCUT2D eigenvalue weighted by atomic mass is 32.1. The Morgan fingerprint density at radius 1 is 1.00 bits per heavy atom. The minimum Gasteiger partial charge on any atom is -0.149 e. The van der Waals surface area contributed by atoms with Crippen LogP contribution in [0.25, 0.3) is 0 Å². The SMILES string of the molecule is CC(C)(C)c1ccc(Cc2cccs2)cc1. The minimum atomic E-state index is 0.251. The molecule has 0 aliphatic carbocycles. The molecule has 2 rings (SSSR count). The number of hydrogen-bond acceptors (Lipinski definition) is 1. The largest absolute Gasteiger partial charge is 0.149 e. The summed E-state index contributed by atoms with van der Waals surface area (Å²) in [5.74, 6) is 0. The van der Waals surface area contributed by atoms with Crippen LogP contribution in [0.3, 0.4) is 0 Å². The van der Waals surface area contributed by atoms with E-state index in [0.29, 0.717) is 0 Å². The van der Waals surface area contributed by atoms with Gasteiger partial charge in [-0.2, -0.15) is 0 Å². The molecule has 0 aliphatic rings. The predicted molar refractivity (Wildman–Crippen MR) is 72.3 cm³/mol. The highest BCUT2D eigenvalue weighted by Gasteiger charge is 2.12. The fourth-order valence-corrected chi connectivity index (χ4v) is 2.48. The van der Waals surface area contributed by atoms with E-state index in [-0.39, 0.29) is 5.41 Å². The molecule has 0 radical (unpaired) electrons. The lowest BCUT2D eigenvalue weighted by Gasteiger charge is -2.19. The molecular weight excluding hydrogens is 212 g/mol. The molecule has 0 atom stereocenters. The van der Waals surface area contributed by atoms with Crippen LogP contribution >= 0.6 is 11.3 Å². The first-order valence-electron chi connectivity index (χ1n) is 5.67. The molecule has 0 N–H and O–H groups in total. The molecule has 0 bridgehead atoms. The molecule has 0 nitrogen and oxygen atoms in total. The molecule has 0 saturated heterocycles. The van der Waals surface area contributed by atoms with Crippen LogP contribution in [0.2, 0.25) is 0 Å². The minimum absolute atomic E-state index is 0.251. The molecule has 0 fully saturated rings. The van der Waals surface area contributed by atoms with Crippen LogP contribution in [0.1, 0.15) is 36.8 Å². The second-order valence-electron chi connectivity index (χ2n) is 5.20. The Kier molecular flexibility index (Phi) is 3.15. The average Bonchev–Trinajstić information content (AvgIpc) is 2.70. The summed E-state index contributed by atoms with van der Waals surface area (Å²) in [4.78, 5) is 1.43. The normalized spacial score (nSPS) is 11.7. The van der Waals surface area contributed by atoms with Gasteiger partial charge >= 0.3 is 0 Å². The molecular formula is C15H18S. The van der Waals surface area contributed by atoms with Crippen LogP contribution in [0, 0.1) is 0 Å². The molecule has 84 valence electrons. The maximum atomic E-state index is 2.25. The van der Waals surface area contributed by atoms with Crippen molar-refractivity contribution in [2.45, 2.75) is 32.6 Å². The Hall–Kier alpha value is -1.08. The highest BCUT2D eigenvalue weighted by Crippen LogP contribution is 2.23. The molecule has 1 heterocycles. The Balaban J connectivity index is 2.14. The summed E-state index contributed by atoms with van der Waals surface area (Å²) < 4.78 is 0. The Bertz CT molecular complexity index is 429. The quantitative estimate of drug-likeness (QED) is 0.705. The predicted octanol–water partition coefficient (Wildman–Crippen LogP) is 4.64. The Labute approximate surface area is 102 Å². The third-order valence-corrected chi connectivity index (χ3v) is 3.65. The second kappa shape index (κ2) is 4.42. The number of thiophene rings is 1. The lowest BCUT2D eigenvalue weighted by molar-refractivity contribution is 0.590. The molecule has 1 heteroatoms. The van der Waals surface area contributed by atoms with E-state index >= 15 is 0 Å². The Morgan fingerprint density at radius 3 is 2.19 bits per heavy atom. The second-order valence-corrected chi connectivity index (χ2v) is 6.24. The first kappa shape index (κ1) is 11.4. The Morgan fingerprint density at radius 2 is 1.69 bits per heavy atom. The molecule has 0 aliphatic heterocycles. The summed E-state index contributed by atoms with van der Waals surface area (Å²) in [7, 11) is 0. The first-order chi connectivity index (χ1) is 7.55. The average molecular weight is 230 g/mol. The topological polar surface area (TPSA) is 0 Å². The monoisotopic (exact) mass is 230 g/mol. The van der Waals surface area contributed by atoms with Gasteiger partial charge in [-0.1, -0.05) is 51.1 Å². The summed E-state index contributed by atoms with van der Waals surface area (Å²) in [6, 6.07) is 13.3. The molecule has 0 spiro atoms. The van der Waals surface area contributed by atoms with Crippen molar-refractivity contribution >= 4 is 11.3 Å². The number of hydrogen-bond donors (Lipinski definition) is 0. The summed E-state index contributed by atoms with van der Waals surface area (Å²) in [5.41, 5.74) is 3.06. The van der Waals surface area contributed by atoms with Crippen molar-refractivity contribution in [3.63, 3.8) is 0 Å². The molecule has 16 heavy (non-hydrogen) atoms. The van der Waals surface area contributed by atoms with Gasteiger partial charge in [0, 0.05) is 11.3 Å². The maximum Gasteiger partial charge on any atom is 0.00890 e.